The largest absolute Gasteiger partial charge is 0.347 e. The van der Waals surface area contributed by atoms with Crippen LogP contribution in [0.25, 0.3) is 17.0 Å². The fourth-order valence-electron chi connectivity index (χ4n) is 3.64. The number of imide groups is 2. The van der Waals surface area contributed by atoms with Crippen LogP contribution in [0.5, 0.6) is 0 Å². The molecule has 6 heteroatoms. The third-order valence-electron chi connectivity index (χ3n) is 5.17. The number of hydrogen-bond donors (Lipinski definition) is 1. The molecule has 29 heavy (non-hydrogen) atoms. The van der Waals surface area contributed by atoms with Gasteiger partial charge in [0.25, 0.3) is 11.8 Å². The van der Waals surface area contributed by atoms with Crippen LogP contribution in [0.3, 0.4) is 0 Å². The number of aromatic nitrogens is 1. The molecule has 4 rings (SSSR count). The average molecular weight is 387 g/mol. The minimum absolute atomic E-state index is 0.0653. The topological polar surface area (TPSA) is 71.4 Å². The van der Waals surface area contributed by atoms with E-state index in [0.717, 1.165) is 39.0 Å². The summed E-state index contributed by atoms with van der Waals surface area (Å²) in [6, 6.07) is 12.6. The third-order valence-corrected chi connectivity index (χ3v) is 5.17. The Kier molecular flexibility index (Phi) is 4.54. The summed E-state index contributed by atoms with van der Waals surface area (Å²) in [4.78, 5) is 39.2. The molecule has 2 heterocycles. The standard InChI is InChI=1S/C23H21N3O3/c1-4-25-13-16(17-7-5-6-8-19(17)25)12-18-21(27)24-23(29)26(22(18)28)20-11-14(2)9-10-15(20)3/h5-13H,4H2,1-3H3,(H,24,27,29)/b18-12-. The van der Waals surface area contributed by atoms with Crippen LogP contribution >= 0.6 is 0 Å². The summed E-state index contributed by atoms with van der Waals surface area (Å²) < 4.78 is 2.06. The summed E-state index contributed by atoms with van der Waals surface area (Å²) >= 11 is 0. The number of carbonyl (C=O) groups excluding carboxylic acids is 3. The van der Waals surface area contributed by atoms with E-state index in [4.69, 9.17) is 0 Å². The van der Waals surface area contributed by atoms with Crippen LogP contribution in [0.2, 0.25) is 0 Å². The van der Waals surface area contributed by atoms with Crippen molar-refractivity contribution in [3.8, 4) is 0 Å². The molecule has 3 aromatic rings. The highest BCUT2D eigenvalue weighted by atomic mass is 16.2. The summed E-state index contributed by atoms with van der Waals surface area (Å²) in [5, 5.41) is 3.24. The molecule has 0 spiro atoms. The molecule has 1 N–H and O–H groups in total. The summed E-state index contributed by atoms with van der Waals surface area (Å²) in [6.07, 6.45) is 3.48. The van der Waals surface area contributed by atoms with Gasteiger partial charge in [0.1, 0.15) is 5.57 Å². The second kappa shape index (κ2) is 7.05. The van der Waals surface area contributed by atoms with E-state index in [0.29, 0.717) is 5.69 Å². The number of rotatable bonds is 3. The first-order valence-corrected chi connectivity index (χ1v) is 9.47. The second-order valence-electron chi connectivity index (χ2n) is 7.14. The number of nitrogens with zero attached hydrogens (tertiary/aromatic N) is 2. The van der Waals surface area contributed by atoms with E-state index in [1.54, 1.807) is 12.1 Å². The van der Waals surface area contributed by atoms with Crippen LogP contribution in [-0.4, -0.2) is 22.4 Å². The van der Waals surface area contributed by atoms with Crippen molar-refractivity contribution in [1.29, 1.82) is 0 Å². The number of aryl methyl sites for hydroxylation is 3. The van der Waals surface area contributed by atoms with Crippen molar-refractivity contribution in [2.24, 2.45) is 0 Å². The monoisotopic (exact) mass is 387 g/mol. The highest BCUT2D eigenvalue weighted by Gasteiger charge is 2.37. The predicted molar refractivity (Wildman–Crippen MR) is 113 cm³/mol. The van der Waals surface area contributed by atoms with Gasteiger partial charge in [0.05, 0.1) is 5.69 Å². The average Bonchev–Trinajstić information content (AvgIpc) is 3.05. The number of benzene rings is 2. The van der Waals surface area contributed by atoms with Crippen LogP contribution in [0, 0.1) is 13.8 Å². The van der Waals surface area contributed by atoms with Gasteiger partial charge in [-0.3, -0.25) is 14.9 Å². The second-order valence-corrected chi connectivity index (χ2v) is 7.14. The zero-order valence-corrected chi connectivity index (χ0v) is 16.5. The maximum atomic E-state index is 13.2. The number of anilines is 1. The van der Waals surface area contributed by atoms with Crippen LogP contribution < -0.4 is 10.2 Å². The van der Waals surface area contributed by atoms with Gasteiger partial charge in [-0.1, -0.05) is 30.3 Å². The predicted octanol–water partition coefficient (Wildman–Crippen LogP) is 3.94. The lowest BCUT2D eigenvalue weighted by molar-refractivity contribution is -0.122. The zero-order chi connectivity index (χ0) is 20.7. The molecule has 1 aliphatic heterocycles. The number of carbonyl (C=O) groups is 3. The summed E-state index contributed by atoms with van der Waals surface area (Å²) in [5.41, 5.74) is 3.88. The number of amides is 4. The molecule has 6 nitrogen and oxygen atoms in total. The van der Waals surface area contributed by atoms with Crippen LogP contribution in [0.1, 0.15) is 23.6 Å². The quantitative estimate of drug-likeness (QED) is 0.546. The van der Waals surface area contributed by atoms with E-state index in [1.165, 1.54) is 0 Å². The summed E-state index contributed by atoms with van der Waals surface area (Å²) in [6.45, 7) is 6.50. The molecular weight excluding hydrogens is 366 g/mol. The molecule has 2 aromatic carbocycles. The van der Waals surface area contributed by atoms with E-state index >= 15 is 0 Å². The smallest absolute Gasteiger partial charge is 0.335 e. The summed E-state index contributed by atoms with van der Waals surface area (Å²) in [5.74, 6) is -1.31. The first-order valence-electron chi connectivity index (χ1n) is 9.47. The van der Waals surface area contributed by atoms with E-state index in [-0.39, 0.29) is 5.57 Å². The third kappa shape index (κ3) is 3.12. The van der Waals surface area contributed by atoms with Crippen molar-refractivity contribution < 1.29 is 14.4 Å². The van der Waals surface area contributed by atoms with Crippen LogP contribution in [0.15, 0.2) is 54.2 Å². The summed E-state index contributed by atoms with van der Waals surface area (Å²) in [7, 11) is 0. The Labute approximate surface area is 168 Å². The SMILES string of the molecule is CCn1cc(/C=C2/C(=O)NC(=O)N(c3cc(C)ccc3C)C2=O)c2ccccc21. The van der Waals surface area contributed by atoms with Crippen molar-refractivity contribution in [2.75, 3.05) is 4.90 Å². The van der Waals surface area contributed by atoms with Crippen molar-refractivity contribution in [3.63, 3.8) is 0 Å². The molecule has 146 valence electrons. The molecule has 0 atom stereocenters. The molecular formula is C23H21N3O3. The molecule has 1 aromatic heterocycles. The number of nitrogens with one attached hydrogen (secondary N) is 1. The fraction of sp³-hybridized carbons (Fsp3) is 0.174. The lowest BCUT2D eigenvalue weighted by Crippen LogP contribution is -2.54. The Bertz CT molecular complexity index is 1200. The molecule has 4 amide bonds. The molecule has 0 radical (unpaired) electrons. The molecule has 0 bridgehead atoms. The Balaban J connectivity index is 1.84. The van der Waals surface area contributed by atoms with Crippen LogP contribution in [-0.2, 0) is 16.1 Å². The van der Waals surface area contributed by atoms with Gasteiger partial charge >= 0.3 is 6.03 Å². The van der Waals surface area contributed by atoms with E-state index in [2.05, 4.69) is 9.88 Å². The van der Waals surface area contributed by atoms with E-state index < -0.39 is 17.8 Å². The zero-order valence-electron chi connectivity index (χ0n) is 16.5. The molecule has 0 aliphatic carbocycles. The molecule has 1 saturated heterocycles. The highest BCUT2D eigenvalue weighted by molar-refractivity contribution is 6.39. The van der Waals surface area contributed by atoms with Gasteiger partial charge < -0.3 is 4.57 Å². The van der Waals surface area contributed by atoms with Gasteiger partial charge in [0, 0.05) is 29.2 Å². The van der Waals surface area contributed by atoms with Gasteiger partial charge in [-0.05, 0) is 50.1 Å². The lowest BCUT2D eigenvalue weighted by Gasteiger charge is -2.27. The van der Waals surface area contributed by atoms with E-state index in [1.807, 2.05) is 63.4 Å². The van der Waals surface area contributed by atoms with Gasteiger partial charge in [0.2, 0.25) is 0 Å². The van der Waals surface area contributed by atoms with E-state index in [9.17, 15) is 14.4 Å². The molecule has 1 aliphatic rings. The Morgan fingerprint density at radius 3 is 2.55 bits per heavy atom. The van der Waals surface area contributed by atoms with Crippen molar-refractivity contribution in [1.82, 2.24) is 9.88 Å². The van der Waals surface area contributed by atoms with Gasteiger partial charge in [0.15, 0.2) is 0 Å². The Morgan fingerprint density at radius 2 is 1.79 bits per heavy atom. The maximum Gasteiger partial charge on any atom is 0.335 e. The Morgan fingerprint density at radius 1 is 1.03 bits per heavy atom. The van der Waals surface area contributed by atoms with Gasteiger partial charge in [-0.2, -0.15) is 0 Å². The number of para-hydroxylation sites is 1. The van der Waals surface area contributed by atoms with Crippen molar-refractivity contribution in [2.45, 2.75) is 27.3 Å². The molecule has 0 saturated carbocycles. The minimum Gasteiger partial charge on any atom is -0.347 e. The normalized spacial score (nSPS) is 16.0. The van der Waals surface area contributed by atoms with Gasteiger partial charge in [-0.15, -0.1) is 0 Å². The number of urea groups is 1. The first kappa shape index (κ1) is 18.7. The number of fused-ring (bicyclic) bond motifs is 1. The number of barbiturate groups is 1. The fourth-order valence-corrected chi connectivity index (χ4v) is 3.64. The van der Waals surface area contributed by atoms with Crippen molar-refractivity contribution in [3.05, 3.63) is 70.9 Å². The highest BCUT2D eigenvalue weighted by Crippen LogP contribution is 2.28. The van der Waals surface area contributed by atoms with Gasteiger partial charge in [-0.25, -0.2) is 9.69 Å². The van der Waals surface area contributed by atoms with Crippen molar-refractivity contribution >= 4 is 40.5 Å². The maximum absolute atomic E-state index is 13.2. The minimum atomic E-state index is -0.734. The molecule has 0 unspecified atom stereocenters. The Hall–Kier alpha value is -3.67. The number of hydrogen-bond acceptors (Lipinski definition) is 3. The first-order chi connectivity index (χ1) is 13.9. The van der Waals surface area contributed by atoms with Crippen LogP contribution in [0.4, 0.5) is 10.5 Å². The lowest BCUT2D eigenvalue weighted by atomic mass is 10.0. The molecule has 1 fully saturated rings.